The summed E-state index contributed by atoms with van der Waals surface area (Å²) in [5.74, 6) is 1.58. The van der Waals surface area contributed by atoms with Gasteiger partial charge in [0.1, 0.15) is 16.7 Å². The Bertz CT molecular complexity index is 424. The maximum Gasteiger partial charge on any atom is 0.316 e. The Morgan fingerprint density at radius 2 is 2.06 bits per heavy atom. The zero-order chi connectivity index (χ0) is 13.5. The van der Waals surface area contributed by atoms with Crippen molar-refractivity contribution < 1.29 is 9.53 Å². The van der Waals surface area contributed by atoms with E-state index in [9.17, 15) is 4.79 Å². The van der Waals surface area contributed by atoms with Crippen molar-refractivity contribution in [1.29, 1.82) is 0 Å². The Kier molecular flexibility index (Phi) is 5.91. The van der Waals surface area contributed by atoms with Gasteiger partial charge in [0.25, 0.3) is 0 Å². The molecule has 1 rings (SSSR count). The lowest BCUT2D eigenvalue weighted by molar-refractivity contribution is -0.139. The first kappa shape index (κ1) is 14.8. The Morgan fingerprint density at radius 3 is 2.67 bits per heavy atom. The van der Waals surface area contributed by atoms with Crippen LogP contribution in [0.25, 0.3) is 0 Å². The molecule has 5 nitrogen and oxygen atoms in total. The van der Waals surface area contributed by atoms with Crippen molar-refractivity contribution in [3.05, 3.63) is 11.4 Å². The van der Waals surface area contributed by atoms with Crippen LogP contribution in [0, 0.1) is 13.8 Å². The summed E-state index contributed by atoms with van der Waals surface area (Å²) in [6.07, 6.45) is 0. The lowest BCUT2D eigenvalue weighted by Crippen LogP contribution is -2.09. The van der Waals surface area contributed by atoms with Gasteiger partial charge in [-0.3, -0.25) is 4.79 Å². The summed E-state index contributed by atoms with van der Waals surface area (Å²) < 4.78 is 4.89. The second kappa shape index (κ2) is 7.20. The summed E-state index contributed by atoms with van der Waals surface area (Å²) in [4.78, 5) is 20.0. The second-order valence-corrected chi connectivity index (χ2v) is 4.64. The predicted octanol–water partition coefficient (Wildman–Crippen LogP) is 2.18. The van der Waals surface area contributed by atoms with E-state index >= 15 is 0 Å². The maximum atomic E-state index is 11.3. The first-order chi connectivity index (χ1) is 8.58. The molecule has 0 aliphatic rings. The first-order valence-corrected chi connectivity index (χ1v) is 6.94. The molecule has 0 radical (unpaired) electrons. The molecular weight excluding hydrogens is 250 g/mol. The van der Waals surface area contributed by atoms with Crippen LogP contribution < -0.4 is 5.32 Å². The molecule has 18 heavy (non-hydrogen) atoms. The van der Waals surface area contributed by atoms with Crippen molar-refractivity contribution in [2.75, 3.05) is 24.2 Å². The fraction of sp³-hybridized carbons (Fsp3) is 0.583. The highest BCUT2D eigenvalue weighted by atomic mass is 32.2. The summed E-state index contributed by atoms with van der Waals surface area (Å²) in [5, 5.41) is 4.01. The molecule has 6 heteroatoms. The molecule has 0 aromatic carbocycles. The number of carbonyl (C=O) groups excluding carboxylic acids is 1. The van der Waals surface area contributed by atoms with E-state index in [1.807, 2.05) is 20.8 Å². The van der Waals surface area contributed by atoms with Crippen LogP contribution in [0.4, 0.5) is 5.82 Å². The van der Waals surface area contributed by atoms with Gasteiger partial charge in [-0.05, 0) is 27.7 Å². The van der Waals surface area contributed by atoms with Crippen LogP contribution in [0.3, 0.4) is 0 Å². The predicted molar refractivity (Wildman–Crippen MR) is 73.0 cm³/mol. The highest BCUT2D eigenvalue weighted by Crippen LogP contribution is 2.24. The van der Waals surface area contributed by atoms with Crippen molar-refractivity contribution in [3.63, 3.8) is 0 Å². The van der Waals surface area contributed by atoms with Crippen molar-refractivity contribution in [1.82, 2.24) is 9.97 Å². The monoisotopic (exact) mass is 269 g/mol. The van der Waals surface area contributed by atoms with Crippen LogP contribution in [0.5, 0.6) is 0 Å². The third-order valence-corrected chi connectivity index (χ3v) is 3.24. The number of thioether (sulfide) groups is 1. The fourth-order valence-corrected chi connectivity index (χ4v) is 2.26. The molecule has 1 aromatic heterocycles. The topological polar surface area (TPSA) is 64.1 Å². The molecule has 0 amide bonds. The number of hydrogen-bond donors (Lipinski definition) is 1. The van der Waals surface area contributed by atoms with E-state index in [2.05, 4.69) is 15.3 Å². The number of nitrogens with zero attached hydrogens (tertiary/aromatic N) is 2. The van der Waals surface area contributed by atoms with Crippen LogP contribution in [-0.2, 0) is 9.53 Å². The van der Waals surface area contributed by atoms with Gasteiger partial charge >= 0.3 is 5.97 Å². The van der Waals surface area contributed by atoms with E-state index in [1.165, 1.54) is 11.8 Å². The lowest BCUT2D eigenvalue weighted by Gasteiger charge is -2.11. The smallest absolute Gasteiger partial charge is 0.316 e. The highest BCUT2D eigenvalue weighted by Gasteiger charge is 2.11. The molecule has 0 saturated heterocycles. The third kappa shape index (κ3) is 4.18. The molecule has 0 spiro atoms. The van der Waals surface area contributed by atoms with E-state index in [1.54, 1.807) is 6.92 Å². The van der Waals surface area contributed by atoms with Gasteiger partial charge in [0.2, 0.25) is 0 Å². The molecule has 0 aliphatic heterocycles. The third-order valence-electron chi connectivity index (χ3n) is 2.19. The average molecular weight is 269 g/mol. The number of carbonyl (C=O) groups is 1. The van der Waals surface area contributed by atoms with Gasteiger partial charge in [0, 0.05) is 12.1 Å². The van der Waals surface area contributed by atoms with Crippen LogP contribution >= 0.6 is 11.8 Å². The summed E-state index contributed by atoms with van der Waals surface area (Å²) in [7, 11) is 0. The summed E-state index contributed by atoms with van der Waals surface area (Å²) in [5.41, 5.74) is 0.969. The molecule has 0 atom stereocenters. The molecule has 1 aromatic rings. The number of rotatable bonds is 6. The van der Waals surface area contributed by atoms with Gasteiger partial charge in [-0.15, -0.1) is 0 Å². The minimum absolute atomic E-state index is 0.219. The molecule has 0 bridgehead atoms. The molecule has 0 fully saturated rings. The number of nitrogens with one attached hydrogen (secondary N) is 1. The number of aromatic nitrogens is 2. The zero-order valence-corrected chi connectivity index (χ0v) is 12.1. The van der Waals surface area contributed by atoms with Crippen LogP contribution in [-0.4, -0.2) is 34.8 Å². The van der Waals surface area contributed by atoms with E-state index < -0.39 is 0 Å². The van der Waals surface area contributed by atoms with Gasteiger partial charge in [-0.1, -0.05) is 11.8 Å². The molecule has 0 saturated carbocycles. The molecule has 1 heterocycles. The number of esters is 1. The summed E-state index contributed by atoms with van der Waals surface area (Å²) >= 11 is 1.38. The van der Waals surface area contributed by atoms with Crippen LogP contribution in [0.1, 0.15) is 25.2 Å². The fourth-order valence-electron chi connectivity index (χ4n) is 1.41. The van der Waals surface area contributed by atoms with Gasteiger partial charge in [0.05, 0.1) is 12.4 Å². The van der Waals surface area contributed by atoms with Gasteiger partial charge in [0.15, 0.2) is 0 Å². The SMILES string of the molecule is CCNc1nc(C)nc(SCC(=O)OCC)c1C. The molecule has 1 N–H and O–H groups in total. The lowest BCUT2D eigenvalue weighted by atomic mass is 10.3. The van der Waals surface area contributed by atoms with E-state index in [0.717, 1.165) is 23.0 Å². The normalized spacial score (nSPS) is 10.2. The van der Waals surface area contributed by atoms with Gasteiger partial charge in [-0.2, -0.15) is 0 Å². The molecular formula is C12H19N3O2S. The van der Waals surface area contributed by atoms with E-state index in [4.69, 9.17) is 4.74 Å². The average Bonchev–Trinajstić information content (AvgIpc) is 2.32. The second-order valence-electron chi connectivity index (χ2n) is 3.67. The first-order valence-electron chi connectivity index (χ1n) is 5.96. The van der Waals surface area contributed by atoms with Crippen molar-refractivity contribution in [2.24, 2.45) is 0 Å². The largest absolute Gasteiger partial charge is 0.465 e. The van der Waals surface area contributed by atoms with Crippen molar-refractivity contribution in [3.8, 4) is 0 Å². The maximum absolute atomic E-state index is 11.3. The molecule has 100 valence electrons. The van der Waals surface area contributed by atoms with Crippen LogP contribution in [0.15, 0.2) is 5.03 Å². The van der Waals surface area contributed by atoms with Crippen LogP contribution in [0.2, 0.25) is 0 Å². The Morgan fingerprint density at radius 1 is 1.33 bits per heavy atom. The van der Waals surface area contributed by atoms with Crippen molar-refractivity contribution >= 4 is 23.5 Å². The number of ether oxygens (including phenoxy) is 1. The molecule has 0 aliphatic carbocycles. The summed E-state index contributed by atoms with van der Waals surface area (Å²) in [6.45, 7) is 8.82. The number of anilines is 1. The minimum Gasteiger partial charge on any atom is -0.465 e. The zero-order valence-electron chi connectivity index (χ0n) is 11.2. The van der Waals surface area contributed by atoms with E-state index in [0.29, 0.717) is 12.4 Å². The highest BCUT2D eigenvalue weighted by molar-refractivity contribution is 7.99. The van der Waals surface area contributed by atoms with Gasteiger partial charge < -0.3 is 10.1 Å². The Hall–Kier alpha value is -1.30. The number of aryl methyl sites for hydroxylation is 1. The van der Waals surface area contributed by atoms with E-state index in [-0.39, 0.29) is 11.7 Å². The summed E-state index contributed by atoms with van der Waals surface area (Å²) in [6, 6.07) is 0. The van der Waals surface area contributed by atoms with Crippen molar-refractivity contribution in [2.45, 2.75) is 32.7 Å². The Labute approximate surface area is 112 Å². The quantitative estimate of drug-likeness (QED) is 0.485. The Balaban J connectivity index is 2.78. The number of hydrogen-bond acceptors (Lipinski definition) is 6. The van der Waals surface area contributed by atoms with Gasteiger partial charge in [-0.25, -0.2) is 9.97 Å². The minimum atomic E-state index is -0.219. The standard InChI is InChI=1S/C12H19N3O2S/c1-5-13-11-8(3)12(15-9(4)14-11)18-7-10(16)17-6-2/h5-7H2,1-4H3,(H,13,14,15). The molecule has 0 unspecified atom stereocenters.